The Labute approximate surface area is 204 Å². The second kappa shape index (κ2) is 11.7. The molecule has 2 aromatic rings. The highest BCUT2D eigenvalue weighted by Crippen LogP contribution is 2.39. The molecule has 0 aliphatic carbocycles. The van der Waals surface area contributed by atoms with Crippen LogP contribution in [0.3, 0.4) is 0 Å². The first-order valence-electron chi connectivity index (χ1n) is 11.3. The number of aliphatic hydroxyl groups excluding tert-OH is 2. The highest BCUT2D eigenvalue weighted by atomic mass is 32.2. The maximum Gasteiger partial charge on any atom is 0.242 e. The summed E-state index contributed by atoms with van der Waals surface area (Å²) in [5, 5.41) is 41.0. The zero-order chi connectivity index (χ0) is 25.6. The summed E-state index contributed by atoms with van der Waals surface area (Å²) in [6.07, 6.45) is 0.964. The number of nitrogens with one attached hydrogen (secondary N) is 3. The lowest BCUT2D eigenvalue weighted by Gasteiger charge is -2.35. The number of benzene rings is 1. The van der Waals surface area contributed by atoms with E-state index in [9.17, 15) is 21.9 Å². The summed E-state index contributed by atoms with van der Waals surface area (Å²) in [7, 11) is -8.93. The van der Waals surface area contributed by atoms with Crippen molar-refractivity contribution in [1.82, 2.24) is 30.7 Å². The first-order valence-corrected chi connectivity index (χ1v) is 14.3. The van der Waals surface area contributed by atoms with Crippen LogP contribution in [0.15, 0.2) is 21.9 Å². The summed E-state index contributed by atoms with van der Waals surface area (Å²) < 4.78 is 53.8. The molecule has 1 aliphatic heterocycles. The van der Waals surface area contributed by atoms with Crippen LogP contribution in [-0.2, 0) is 20.0 Å². The highest BCUT2D eigenvalue weighted by molar-refractivity contribution is 7.92. The van der Waals surface area contributed by atoms with Gasteiger partial charge >= 0.3 is 0 Å². The Morgan fingerprint density at radius 1 is 1.26 bits per heavy atom. The molecule has 1 fully saturated rings. The van der Waals surface area contributed by atoms with Gasteiger partial charge in [0.15, 0.2) is 0 Å². The summed E-state index contributed by atoms with van der Waals surface area (Å²) in [6.45, 7) is 3.87. The van der Waals surface area contributed by atoms with E-state index in [0.29, 0.717) is 37.7 Å². The predicted molar refractivity (Wildman–Crippen MR) is 127 cm³/mol. The molecule has 1 saturated heterocycles. The normalized spacial score (nSPS) is 16.5. The summed E-state index contributed by atoms with van der Waals surface area (Å²) in [5.74, 6) is 0.263. The molecule has 1 aliphatic rings. The molecule has 35 heavy (non-hydrogen) atoms. The van der Waals surface area contributed by atoms with Crippen molar-refractivity contribution in [1.29, 1.82) is 0 Å². The Bertz CT molecular complexity index is 1180. The molecular weight excluding hydrogens is 500 g/mol. The molecule has 0 unspecified atom stereocenters. The van der Waals surface area contributed by atoms with E-state index in [-0.39, 0.29) is 24.5 Å². The minimum atomic E-state index is -4.57. The lowest BCUT2D eigenvalue weighted by atomic mass is 9.95. The Balaban J connectivity index is 2.04. The summed E-state index contributed by atoms with van der Waals surface area (Å²) >= 11 is 0. The van der Waals surface area contributed by atoms with E-state index in [1.807, 2.05) is 4.90 Å². The topological polar surface area (TPSA) is 217 Å². The maximum atomic E-state index is 13.1. The van der Waals surface area contributed by atoms with Crippen molar-refractivity contribution in [3.63, 3.8) is 0 Å². The molecule has 196 valence electrons. The highest BCUT2D eigenvalue weighted by Gasteiger charge is 2.34. The molecule has 0 saturated carbocycles. The summed E-state index contributed by atoms with van der Waals surface area (Å²) in [6, 6.07) is 2.70. The molecular formula is C19H32N8O6S2. The van der Waals surface area contributed by atoms with Gasteiger partial charge in [0.2, 0.25) is 25.9 Å². The van der Waals surface area contributed by atoms with Gasteiger partial charge in [0, 0.05) is 31.9 Å². The van der Waals surface area contributed by atoms with Crippen LogP contribution < -0.4 is 20.1 Å². The molecule has 0 radical (unpaired) electrons. The Kier molecular flexibility index (Phi) is 9.14. The van der Waals surface area contributed by atoms with Crippen LogP contribution in [0.4, 0.5) is 5.69 Å². The van der Waals surface area contributed by atoms with E-state index in [1.165, 1.54) is 12.1 Å². The van der Waals surface area contributed by atoms with Gasteiger partial charge in [-0.05, 0) is 49.1 Å². The molecule has 0 spiro atoms. The first kappa shape index (κ1) is 27.4. The number of hydrogen-bond acceptors (Lipinski definition) is 11. The van der Waals surface area contributed by atoms with E-state index in [0.717, 1.165) is 19.4 Å². The lowest BCUT2D eigenvalue weighted by molar-refractivity contribution is 0.174. The van der Waals surface area contributed by atoms with Crippen LogP contribution in [0, 0.1) is 5.92 Å². The minimum Gasteiger partial charge on any atom is -0.395 e. The molecule has 14 nitrogen and oxygen atoms in total. The van der Waals surface area contributed by atoms with Gasteiger partial charge in [-0.3, -0.25) is 0 Å². The fourth-order valence-electron chi connectivity index (χ4n) is 3.99. The van der Waals surface area contributed by atoms with Gasteiger partial charge in [0.1, 0.15) is 9.79 Å². The monoisotopic (exact) mass is 532 g/mol. The number of anilines is 1. The number of aliphatic hydroxyl groups is 2. The van der Waals surface area contributed by atoms with E-state index in [2.05, 4.69) is 30.7 Å². The van der Waals surface area contributed by atoms with E-state index >= 15 is 0 Å². The number of rotatable bonds is 12. The molecule has 1 atom stereocenters. The van der Waals surface area contributed by atoms with Gasteiger partial charge in [0.05, 0.1) is 18.3 Å². The standard InChI is InChI=1S/C19H32N8O6S2/c1-2-14(29)12-22-35(32,33)16-4-3-15(27-8-5-13(6-9-27)11-21-7-10-28)17(18(16)34(20,30)31)19-23-25-26-24-19/h3-4,13-14,21-22,28-29H,2,5-12H2,1H3,(H2,20,30,31)(H,23,24,25,26)/t14-/m1/s1. The van der Waals surface area contributed by atoms with Crippen molar-refractivity contribution in [2.75, 3.05) is 44.2 Å². The van der Waals surface area contributed by atoms with Crippen LogP contribution >= 0.6 is 0 Å². The van der Waals surface area contributed by atoms with E-state index in [1.54, 1.807) is 6.92 Å². The van der Waals surface area contributed by atoms with Gasteiger partial charge in [-0.25, -0.2) is 26.7 Å². The van der Waals surface area contributed by atoms with Gasteiger partial charge in [-0.1, -0.05) is 6.92 Å². The number of hydrogen-bond donors (Lipinski definition) is 6. The molecule has 0 amide bonds. The number of aromatic amines is 1. The number of nitrogens with zero attached hydrogens (tertiary/aromatic N) is 4. The Morgan fingerprint density at radius 3 is 2.54 bits per heavy atom. The fraction of sp³-hybridized carbons (Fsp3) is 0.632. The van der Waals surface area contributed by atoms with Crippen molar-refractivity contribution >= 4 is 25.7 Å². The number of nitrogens with two attached hydrogens (primary N) is 1. The number of H-pyrrole nitrogens is 1. The third-order valence-electron chi connectivity index (χ3n) is 5.90. The molecule has 3 rings (SSSR count). The van der Waals surface area contributed by atoms with Crippen molar-refractivity contribution in [2.45, 2.75) is 42.1 Å². The van der Waals surface area contributed by atoms with Gasteiger partial charge in [-0.2, -0.15) is 5.21 Å². The zero-order valence-corrected chi connectivity index (χ0v) is 21.0. The molecule has 7 N–H and O–H groups in total. The average molecular weight is 533 g/mol. The van der Waals surface area contributed by atoms with Crippen molar-refractivity contribution in [2.24, 2.45) is 11.1 Å². The summed E-state index contributed by atoms with van der Waals surface area (Å²) in [5.41, 5.74) is 0.363. The number of tetrazole rings is 1. The zero-order valence-electron chi connectivity index (χ0n) is 19.4. The number of piperidine rings is 1. The van der Waals surface area contributed by atoms with Crippen LogP contribution in [0.25, 0.3) is 11.4 Å². The molecule has 16 heteroatoms. The largest absolute Gasteiger partial charge is 0.395 e. The molecule has 2 heterocycles. The van der Waals surface area contributed by atoms with Crippen LogP contribution in [0.2, 0.25) is 0 Å². The van der Waals surface area contributed by atoms with Crippen LogP contribution in [0.1, 0.15) is 26.2 Å². The third-order valence-corrected chi connectivity index (χ3v) is 8.49. The third kappa shape index (κ3) is 6.72. The quantitative estimate of drug-likeness (QED) is 0.170. The first-order chi connectivity index (χ1) is 16.6. The lowest BCUT2D eigenvalue weighted by Crippen LogP contribution is -2.38. The predicted octanol–water partition coefficient (Wildman–Crippen LogP) is -1.64. The Hall–Kier alpha value is -2.21. The minimum absolute atomic E-state index is 0.0583. The molecule has 0 bridgehead atoms. The average Bonchev–Trinajstić information content (AvgIpc) is 3.36. The number of sulfonamides is 2. The van der Waals surface area contributed by atoms with Crippen molar-refractivity contribution in [3.05, 3.63) is 12.1 Å². The van der Waals surface area contributed by atoms with Gasteiger partial charge in [-0.15, -0.1) is 10.2 Å². The van der Waals surface area contributed by atoms with Crippen molar-refractivity contribution in [3.8, 4) is 11.4 Å². The second-order valence-electron chi connectivity index (χ2n) is 8.34. The summed E-state index contributed by atoms with van der Waals surface area (Å²) in [4.78, 5) is 0.740. The van der Waals surface area contributed by atoms with Crippen molar-refractivity contribution < 1.29 is 27.0 Å². The second-order valence-corrected chi connectivity index (χ2v) is 11.6. The van der Waals surface area contributed by atoms with E-state index in [4.69, 9.17) is 10.2 Å². The van der Waals surface area contributed by atoms with Crippen LogP contribution in [0.5, 0.6) is 0 Å². The number of primary sulfonamides is 1. The smallest absolute Gasteiger partial charge is 0.242 e. The number of aromatic nitrogens is 4. The van der Waals surface area contributed by atoms with Crippen LogP contribution in [-0.4, -0.2) is 93.1 Å². The molecule has 1 aromatic carbocycles. The SMILES string of the molecule is CC[C@@H](O)CNS(=O)(=O)c1ccc(N2CCC(CNCCO)CC2)c(-c2nn[nH]n2)c1S(N)(=O)=O. The molecule has 1 aromatic heterocycles. The van der Waals surface area contributed by atoms with Gasteiger partial charge in [0.25, 0.3) is 0 Å². The fourth-order valence-corrected chi connectivity index (χ4v) is 6.65. The van der Waals surface area contributed by atoms with E-state index < -0.39 is 35.9 Å². The van der Waals surface area contributed by atoms with Gasteiger partial charge < -0.3 is 20.4 Å². The Morgan fingerprint density at radius 2 is 1.97 bits per heavy atom. The maximum absolute atomic E-state index is 13.1.